The van der Waals surface area contributed by atoms with E-state index in [4.69, 9.17) is 17.3 Å². The minimum Gasteiger partial charge on any atom is -0.394 e. The molecular formula is C10H14ClF3N4. The molecule has 18 heavy (non-hydrogen) atoms. The van der Waals surface area contributed by atoms with Gasteiger partial charge < -0.3 is 10.6 Å². The van der Waals surface area contributed by atoms with Gasteiger partial charge in [0.05, 0.1) is 11.4 Å². The molecule has 0 saturated heterocycles. The van der Waals surface area contributed by atoms with Crippen LogP contribution in [0.25, 0.3) is 0 Å². The zero-order valence-corrected chi connectivity index (χ0v) is 10.8. The monoisotopic (exact) mass is 282 g/mol. The Morgan fingerprint density at radius 3 is 2.44 bits per heavy atom. The first-order valence-corrected chi connectivity index (χ1v) is 5.73. The van der Waals surface area contributed by atoms with E-state index in [9.17, 15) is 13.2 Å². The van der Waals surface area contributed by atoms with Gasteiger partial charge in [-0.3, -0.25) is 0 Å². The van der Waals surface area contributed by atoms with Crippen molar-refractivity contribution in [1.82, 2.24) is 9.97 Å². The Kier molecular flexibility index (Phi) is 4.61. The van der Waals surface area contributed by atoms with Crippen molar-refractivity contribution in [2.75, 3.05) is 23.7 Å². The van der Waals surface area contributed by atoms with E-state index in [0.29, 0.717) is 12.1 Å². The number of rotatable bonds is 4. The predicted molar refractivity (Wildman–Crippen MR) is 64.8 cm³/mol. The summed E-state index contributed by atoms with van der Waals surface area (Å²) in [5.41, 5.74) is 6.20. The lowest BCUT2D eigenvalue weighted by Gasteiger charge is -2.25. The standard InChI is InChI=1S/C10H14ClF3N4/c1-3-4-18(5-10(12,13)14)8-7(15)6(2)16-9(11)17-8/h3-5,15H2,1-2H3. The highest BCUT2D eigenvalue weighted by Crippen LogP contribution is 2.28. The van der Waals surface area contributed by atoms with Crippen molar-refractivity contribution in [1.29, 1.82) is 0 Å². The fourth-order valence-electron chi connectivity index (χ4n) is 1.52. The lowest BCUT2D eigenvalue weighted by molar-refractivity contribution is -0.119. The number of alkyl halides is 3. The molecule has 0 aliphatic heterocycles. The van der Waals surface area contributed by atoms with Gasteiger partial charge in [-0.15, -0.1) is 0 Å². The second kappa shape index (κ2) is 5.60. The number of nitrogens with two attached hydrogens (primary N) is 1. The smallest absolute Gasteiger partial charge is 0.394 e. The third-order valence-corrected chi connectivity index (χ3v) is 2.42. The van der Waals surface area contributed by atoms with Crippen molar-refractivity contribution in [2.24, 2.45) is 0 Å². The Morgan fingerprint density at radius 1 is 1.33 bits per heavy atom. The first kappa shape index (κ1) is 14.8. The SMILES string of the molecule is CCCN(CC(F)(F)F)c1nc(Cl)nc(C)c1N. The van der Waals surface area contributed by atoms with Crippen LogP contribution >= 0.6 is 11.6 Å². The summed E-state index contributed by atoms with van der Waals surface area (Å²) >= 11 is 5.65. The highest BCUT2D eigenvalue weighted by atomic mass is 35.5. The fraction of sp³-hybridized carbons (Fsp3) is 0.600. The molecule has 0 spiro atoms. The highest BCUT2D eigenvalue weighted by molar-refractivity contribution is 6.28. The van der Waals surface area contributed by atoms with Crippen LogP contribution in [0.5, 0.6) is 0 Å². The van der Waals surface area contributed by atoms with Crippen LogP contribution in [0, 0.1) is 6.92 Å². The Morgan fingerprint density at radius 2 is 1.94 bits per heavy atom. The Bertz CT molecular complexity index is 422. The second-order valence-electron chi connectivity index (χ2n) is 3.85. The number of anilines is 2. The van der Waals surface area contributed by atoms with Gasteiger partial charge in [-0.05, 0) is 24.9 Å². The van der Waals surface area contributed by atoms with Gasteiger partial charge in [-0.25, -0.2) is 4.98 Å². The number of aryl methyl sites for hydroxylation is 1. The summed E-state index contributed by atoms with van der Waals surface area (Å²) in [7, 11) is 0. The van der Waals surface area contributed by atoms with E-state index in [1.165, 1.54) is 0 Å². The van der Waals surface area contributed by atoms with E-state index in [2.05, 4.69) is 9.97 Å². The van der Waals surface area contributed by atoms with Crippen molar-refractivity contribution >= 4 is 23.1 Å². The van der Waals surface area contributed by atoms with E-state index in [1.807, 2.05) is 0 Å². The maximum atomic E-state index is 12.5. The molecule has 0 saturated carbocycles. The van der Waals surface area contributed by atoms with Crippen LogP contribution in [0.15, 0.2) is 0 Å². The van der Waals surface area contributed by atoms with Crippen LogP contribution < -0.4 is 10.6 Å². The summed E-state index contributed by atoms with van der Waals surface area (Å²) < 4.78 is 37.5. The van der Waals surface area contributed by atoms with Gasteiger partial charge in [0.1, 0.15) is 6.54 Å². The summed E-state index contributed by atoms with van der Waals surface area (Å²) in [6.45, 7) is 2.42. The molecule has 1 heterocycles. The van der Waals surface area contributed by atoms with E-state index < -0.39 is 12.7 Å². The first-order valence-electron chi connectivity index (χ1n) is 5.36. The van der Waals surface area contributed by atoms with Gasteiger partial charge in [0.25, 0.3) is 0 Å². The number of aromatic nitrogens is 2. The Hall–Kier alpha value is -1.24. The van der Waals surface area contributed by atoms with Crippen LogP contribution in [0.2, 0.25) is 5.28 Å². The number of hydrogen-bond acceptors (Lipinski definition) is 4. The van der Waals surface area contributed by atoms with Crippen LogP contribution in [-0.2, 0) is 0 Å². The van der Waals surface area contributed by atoms with Crippen LogP contribution in [0.4, 0.5) is 24.7 Å². The molecule has 8 heteroatoms. The normalized spacial score (nSPS) is 11.7. The molecule has 0 amide bonds. The largest absolute Gasteiger partial charge is 0.405 e. The van der Waals surface area contributed by atoms with Crippen molar-refractivity contribution in [3.8, 4) is 0 Å². The molecule has 1 aromatic rings. The van der Waals surface area contributed by atoms with E-state index in [0.717, 1.165) is 4.90 Å². The van der Waals surface area contributed by atoms with Gasteiger partial charge in [0.2, 0.25) is 5.28 Å². The summed E-state index contributed by atoms with van der Waals surface area (Å²) in [4.78, 5) is 8.65. The van der Waals surface area contributed by atoms with Crippen molar-refractivity contribution in [3.05, 3.63) is 11.0 Å². The highest BCUT2D eigenvalue weighted by Gasteiger charge is 2.32. The van der Waals surface area contributed by atoms with Crippen LogP contribution in [0.1, 0.15) is 19.0 Å². The average molecular weight is 283 g/mol. The van der Waals surface area contributed by atoms with Gasteiger partial charge in [0.15, 0.2) is 5.82 Å². The zero-order valence-electron chi connectivity index (χ0n) is 10.1. The molecular weight excluding hydrogens is 269 g/mol. The molecule has 0 aromatic carbocycles. The van der Waals surface area contributed by atoms with Crippen molar-refractivity contribution in [3.63, 3.8) is 0 Å². The minimum absolute atomic E-state index is 0.0340. The predicted octanol–water partition coefficient (Wildman–Crippen LogP) is 2.80. The summed E-state index contributed by atoms with van der Waals surface area (Å²) in [6, 6.07) is 0. The van der Waals surface area contributed by atoms with Crippen molar-refractivity contribution in [2.45, 2.75) is 26.4 Å². The van der Waals surface area contributed by atoms with E-state index in [1.54, 1.807) is 13.8 Å². The molecule has 102 valence electrons. The lowest BCUT2D eigenvalue weighted by Crippen LogP contribution is -2.36. The first-order chi connectivity index (χ1) is 8.24. The summed E-state index contributed by atoms with van der Waals surface area (Å²) in [5.74, 6) is 0.0340. The maximum absolute atomic E-state index is 12.5. The molecule has 1 rings (SSSR count). The van der Waals surface area contributed by atoms with Crippen molar-refractivity contribution < 1.29 is 13.2 Å². The number of halogens is 4. The molecule has 4 nitrogen and oxygen atoms in total. The molecule has 0 fully saturated rings. The number of nitrogens with zero attached hydrogens (tertiary/aromatic N) is 3. The van der Waals surface area contributed by atoms with Gasteiger partial charge in [0, 0.05) is 6.54 Å². The van der Waals surface area contributed by atoms with Gasteiger partial charge >= 0.3 is 6.18 Å². The Balaban J connectivity index is 3.13. The molecule has 2 N–H and O–H groups in total. The molecule has 0 bridgehead atoms. The van der Waals surface area contributed by atoms with Crippen LogP contribution in [0.3, 0.4) is 0 Å². The van der Waals surface area contributed by atoms with Gasteiger partial charge in [-0.2, -0.15) is 18.2 Å². The third-order valence-electron chi connectivity index (χ3n) is 2.25. The number of nitrogen functional groups attached to an aromatic ring is 1. The van der Waals surface area contributed by atoms with E-state index >= 15 is 0 Å². The number of hydrogen-bond donors (Lipinski definition) is 1. The molecule has 0 aliphatic carbocycles. The van der Waals surface area contributed by atoms with Crippen LogP contribution in [-0.4, -0.2) is 29.2 Å². The Labute approximate surface area is 108 Å². The van der Waals surface area contributed by atoms with E-state index in [-0.39, 0.29) is 23.3 Å². The quantitative estimate of drug-likeness (QED) is 0.863. The minimum atomic E-state index is -4.33. The molecule has 0 unspecified atom stereocenters. The third kappa shape index (κ3) is 3.90. The molecule has 1 aromatic heterocycles. The maximum Gasteiger partial charge on any atom is 0.405 e. The molecule has 0 atom stereocenters. The topological polar surface area (TPSA) is 55.0 Å². The fourth-order valence-corrected chi connectivity index (χ4v) is 1.73. The van der Waals surface area contributed by atoms with Gasteiger partial charge in [-0.1, -0.05) is 6.92 Å². The second-order valence-corrected chi connectivity index (χ2v) is 4.19. The lowest BCUT2D eigenvalue weighted by atomic mass is 10.3. The molecule has 0 aliphatic rings. The summed E-state index contributed by atoms with van der Waals surface area (Å²) in [6.07, 6.45) is -3.79. The zero-order chi connectivity index (χ0) is 13.9. The summed E-state index contributed by atoms with van der Waals surface area (Å²) in [5, 5.41) is -0.111. The average Bonchev–Trinajstić information content (AvgIpc) is 2.21. The molecule has 0 radical (unpaired) electrons.